The number of anilines is 1. The van der Waals surface area contributed by atoms with Gasteiger partial charge in [-0.2, -0.15) is 4.72 Å². The van der Waals surface area contributed by atoms with Gasteiger partial charge in [-0.1, -0.05) is 30.3 Å². The van der Waals surface area contributed by atoms with Gasteiger partial charge in [0.25, 0.3) is 0 Å². The van der Waals surface area contributed by atoms with Crippen LogP contribution in [-0.2, 0) is 31.3 Å². The Bertz CT molecular complexity index is 1370. The second-order valence-corrected chi connectivity index (χ2v) is 10.8. The van der Waals surface area contributed by atoms with E-state index >= 15 is 0 Å². The Morgan fingerprint density at radius 3 is 2.12 bits per heavy atom. The average Bonchev–Trinajstić information content (AvgIpc) is 2.79. The Morgan fingerprint density at radius 1 is 0.941 bits per heavy atom. The number of nitrogens with one attached hydrogen (secondary N) is 2. The quantitative estimate of drug-likeness (QED) is 0.408. The molecule has 1 amide bonds. The molecule has 0 radical (unpaired) electrons. The van der Waals surface area contributed by atoms with Gasteiger partial charge in [0.2, 0.25) is 26.0 Å². The predicted octanol–water partition coefficient (Wildman–Crippen LogP) is 2.18. The number of nitrogens with two attached hydrogens (primary N) is 1. The highest BCUT2D eigenvalue weighted by molar-refractivity contribution is 7.89. The number of sulfonamides is 2. The molecule has 4 N–H and O–H groups in total. The van der Waals surface area contributed by atoms with Crippen LogP contribution in [-0.4, -0.2) is 35.9 Å². The lowest BCUT2D eigenvalue weighted by Gasteiger charge is -2.19. The molecule has 3 aromatic carbocycles. The highest BCUT2D eigenvalue weighted by atomic mass is 32.2. The Hall–Kier alpha value is -3.25. The van der Waals surface area contributed by atoms with Crippen molar-refractivity contribution in [1.29, 1.82) is 0 Å². The number of amides is 1. The fourth-order valence-corrected chi connectivity index (χ4v) is 5.06. The topological polar surface area (TPSA) is 145 Å². The summed E-state index contributed by atoms with van der Waals surface area (Å²) in [6.07, 6.45) is 0.0936. The third kappa shape index (κ3) is 6.41. The smallest absolute Gasteiger partial charge is 0.242 e. The predicted molar refractivity (Wildman–Crippen MR) is 128 cm³/mol. The number of hydrogen-bond donors (Lipinski definition) is 3. The number of ether oxygens (including phenoxy) is 1. The summed E-state index contributed by atoms with van der Waals surface area (Å²) >= 11 is 0. The molecule has 0 saturated heterocycles. The van der Waals surface area contributed by atoms with Crippen molar-refractivity contribution in [2.45, 2.75) is 29.2 Å². The van der Waals surface area contributed by atoms with E-state index in [-0.39, 0.29) is 21.9 Å². The van der Waals surface area contributed by atoms with E-state index in [4.69, 9.17) is 9.88 Å². The highest BCUT2D eigenvalue weighted by Gasteiger charge is 2.27. The van der Waals surface area contributed by atoms with Crippen LogP contribution in [0.1, 0.15) is 11.1 Å². The third-order valence-corrected chi connectivity index (χ3v) is 7.42. The molecule has 1 unspecified atom stereocenters. The Morgan fingerprint density at radius 2 is 1.56 bits per heavy atom. The Kier molecular flexibility index (Phi) is 7.72. The molecule has 0 aliphatic heterocycles. The molecule has 0 aliphatic carbocycles. The van der Waals surface area contributed by atoms with E-state index in [0.717, 1.165) is 5.56 Å². The van der Waals surface area contributed by atoms with Crippen molar-refractivity contribution in [3.05, 3.63) is 83.9 Å². The van der Waals surface area contributed by atoms with Gasteiger partial charge in [-0.25, -0.2) is 22.0 Å². The summed E-state index contributed by atoms with van der Waals surface area (Å²) in [4.78, 5) is 13.0. The number of primary sulfonamides is 1. The number of methoxy groups -OCH3 is 1. The average molecular weight is 504 g/mol. The highest BCUT2D eigenvalue weighted by Crippen LogP contribution is 2.22. The summed E-state index contributed by atoms with van der Waals surface area (Å²) in [5.41, 5.74) is 1.67. The summed E-state index contributed by atoms with van der Waals surface area (Å²) in [7, 11) is -6.44. The molecule has 34 heavy (non-hydrogen) atoms. The van der Waals surface area contributed by atoms with Crippen LogP contribution < -0.4 is 19.9 Å². The van der Waals surface area contributed by atoms with E-state index < -0.39 is 32.0 Å². The van der Waals surface area contributed by atoms with Crippen LogP contribution in [0, 0.1) is 6.92 Å². The molecule has 180 valence electrons. The maximum absolute atomic E-state index is 13.1. The van der Waals surface area contributed by atoms with Crippen LogP contribution in [0.15, 0.2) is 82.6 Å². The van der Waals surface area contributed by atoms with E-state index in [1.54, 1.807) is 37.3 Å². The van der Waals surface area contributed by atoms with Gasteiger partial charge >= 0.3 is 0 Å². The van der Waals surface area contributed by atoms with E-state index in [1.807, 2.05) is 6.07 Å². The van der Waals surface area contributed by atoms with E-state index in [2.05, 4.69) is 10.0 Å². The molecular formula is C23H25N3O6S2. The van der Waals surface area contributed by atoms with Crippen molar-refractivity contribution in [2.75, 3.05) is 12.4 Å². The summed E-state index contributed by atoms with van der Waals surface area (Å²) in [5.74, 6) is -0.0681. The van der Waals surface area contributed by atoms with Gasteiger partial charge < -0.3 is 10.1 Å². The van der Waals surface area contributed by atoms with Gasteiger partial charge in [-0.3, -0.25) is 4.79 Å². The van der Waals surface area contributed by atoms with Crippen molar-refractivity contribution in [3.8, 4) is 5.75 Å². The van der Waals surface area contributed by atoms with Crippen LogP contribution in [0.2, 0.25) is 0 Å². The number of benzene rings is 3. The zero-order chi connectivity index (χ0) is 24.9. The van der Waals surface area contributed by atoms with Crippen molar-refractivity contribution in [3.63, 3.8) is 0 Å². The largest absolute Gasteiger partial charge is 0.496 e. The van der Waals surface area contributed by atoms with Crippen molar-refractivity contribution in [1.82, 2.24) is 4.72 Å². The zero-order valence-corrected chi connectivity index (χ0v) is 20.2. The Labute approximate surface area is 199 Å². The molecule has 0 spiro atoms. The maximum Gasteiger partial charge on any atom is 0.242 e. The molecule has 9 nitrogen and oxygen atoms in total. The lowest BCUT2D eigenvalue weighted by molar-refractivity contribution is -0.117. The van der Waals surface area contributed by atoms with Gasteiger partial charge in [0, 0.05) is 5.69 Å². The zero-order valence-electron chi connectivity index (χ0n) is 18.6. The first kappa shape index (κ1) is 25.4. The van der Waals surface area contributed by atoms with Crippen molar-refractivity contribution >= 4 is 31.6 Å². The molecule has 11 heteroatoms. The normalized spacial score (nSPS) is 12.7. The third-order valence-electron chi connectivity index (χ3n) is 5.02. The first-order chi connectivity index (χ1) is 16.0. The second-order valence-electron chi connectivity index (χ2n) is 7.55. The van der Waals surface area contributed by atoms with E-state index in [9.17, 15) is 21.6 Å². The SMILES string of the molecule is COc1ccc(S(=O)(=O)NC(Cc2ccccc2)C(=O)Nc2ccc(S(N)(=O)=O)cc2)cc1C. The standard InChI is InChI=1S/C23H25N3O6S2/c1-16-14-20(12-13-22(16)32-2)34(30,31)26-21(15-17-6-4-3-5-7-17)23(27)25-18-8-10-19(11-9-18)33(24,28)29/h3-14,21,26H,15H2,1-2H3,(H,25,27)(H2,24,28,29). The number of carbonyl (C=O) groups excluding carboxylic acids is 1. The molecule has 1 atom stereocenters. The van der Waals surface area contributed by atoms with E-state index in [1.165, 1.54) is 43.5 Å². The minimum atomic E-state index is -4.05. The summed E-state index contributed by atoms with van der Waals surface area (Å²) in [5, 5.41) is 7.72. The molecular weight excluding hydrogens is 478 g/mol. The van der Waals surface area contributed by atoms with Gasteiger partial charge in [-0.05, 0) is 66.9 Å². The maximum atomic E-state index is 13.1. The monoisotopic (exact) mass is 503 g/mol. The van der Waals surface area contributed by atoms with Crippen molar-refractivity contribution in [2.24, 2.45) is 5.14 Å². The van der Waals surface area contributed by atoms with Gasteiger partial charge in [0.05, 0.1) is 16.9 Å². The van der Waals surface area contributed by atoms with Gasteiger partial charge in [-0.15, -0.1) is 0 Å². The number of rotatable bonds is 9. The fraction of sp³-hybridized carbons (Fsp3) is 0.174. The summed E-state index contributed by atoms with van der Waals surface area (Å²) in [6, 6.07) is 17.5. The molecule has 0 aromatic heterocycles. The first-order valence-electron chi connectivity index (χ1n) is 10.1. The number of aryl methyl sites for hydroxylation is 1. The molecule has 3 aromatic rings. The lowest BCUT2D eigenvalue weighted by Crippen LogP contribution is -2.45. The van der Waals surface area contributed by atoms with Crippen LogP contribution in [0.5, 0.6) is 5.75 Å². The molecule has 0 aliphatic rings. The van der Waals surface area contributed by atoms with Crippen molar-refractivity contribution < 1.29 is 26.4 Å². The molecule has 0 fully saturated rings. The number of carbonyl (C=O) groups is 1. The summed E-state index contributed by atoms with van der Waals surface area (Å²) in [6.45, 7) is 1.72. The second kappa shape index (κ2) is 10.3. The molecule has 0 bridgehead atoms. The van der Waals surface area contributed by atoms with E-state index in [0.29, 0.717) is 11.3 Å². The van der Waals surface area contributed by atoms with Gasteiger partial charge in [0.1, 0.15) is 11.8 Å². The fourth-order valence-electron chi connectivity index (χ4n) is 3.27. The first-order valence-corrected chi connectivity index (χ1v) is 13.2. The molecule has 3 rings (SSSR count). The van der Waals surface area contributed by atoms with Gasteiger partial charge in [0.15, 0.2) is 0 Å². The minimum Gasteiger partial charge on any atom is -0.496 e. The summed E-state index contributed by atoms with van der Waals surface area (Å²) < 4.78 is 56.7. The van der Waals surface area contributed by atoms with Crippen LogP contribution in [0.3, 0.4) is 0 Å². The molecule has 0 saturated carbocycles. The Balaban J connectivity index is 1.87. The lowest BCUT2D eigenvalue weighted by atomic mass is 10.1. The molecule has 0 heterocycles. The van der Waals surface area contributed by atoms with Crippen LogP contribution >= 0.6 is 0 Å². The minimum absolute atomic E-state index is 0.00540. The number of hydrogen-bond acceptors (Lipinski definition) is 6. The van der Waals surface area contributed by atoms with Crippen LogP contribution in [0.4, 0.5) is 5.69 Å². The van der Waals surface area contributed by atoms with Crippen LogP contribution in [0.25, 0.3) is 0 Å².